The lowest BCUT2D eigenvalue weighted by molar-refractivity contribution is -0.760. The zero-order valence-electron chi connectivity index (χ0n) is 4.49. The van der Waals surface area contributed by atoms with Crippen molar-refractivity contribution >= 4 is 11.6 Å². The zero-order chi connectivity index (χ0) is 4.78. The first-order valence-electron chi connectivity index (χ1n) is 2.10. The Kier molecular flexibility index (Phi) is 1.95. The highest BCUT2D eigenvalue weighted by molar-refractivity contribution is 6.20. The van der Waals surface area contributed by atoms with E-state index in [1.54, 1.807) is 0 Å². The SMILES string of the molecule is C[N+]1(C)CC1Cl.[Cl-]. The van der Waals surface area contributed by atoms with Gasteiger partial charge in [0.05, 0.1) is 14.1 Å². The molecule has 1 aliphatic rings. The Hall–Kier alpha value is 0.540. The summed E-state index contributed by atoms with van der Waals surface area (Å²) in [7, 11) is 4.25. The van der Waals surface area contributed by atoms with E-state index in [-0.39, 0.29) is 12.4 Å². The molecule has 0 spiro atoms. The maximum absolute atomic E-state index is 5.65. The van der Waals surface area contributed by atoms with Gasteiger partial charge in [0, 0.05) is 0 Å². The molecule has 1 aliphatic heterocycles. The van der Waals surface area contributed by atoms with E-state index in [0.29, 0.717) is 5.50 Å². The van der Waals surface area contributed by atoms with Crippen LogP contribution in [0.2, 0.25) is 0 Å². The Labute approximate surface area is 55.3 Å². The first-order valence-corrected chi connectivity index (χ1v) is 2.53. The summed E-state index contributed by atoms with van der Waals surface area (Å²) in [4.78, 5) is 0. The quantitative estimate of drug-likeness (QED) is 0.154. The number of nitrogens with zero attached hydrogens (tertiary/aromatic N) is 1. The largest absolute Gasteiger partial charge is 1.00 e. The van der Waals surface area contributed by atoms with Gasteiger partial charge in [-0.25, -0.2) is 0 Å². The molecule has 3 heteroatoms. The third-order valence-corrected chi connectivity index (χ3v) is 1.91. The van der Waals surface area contributed by atoms with E-state index in [0.717, 1.165) is 11.0 Å². The smallest absolute Gasteiger partial charge is 0.214 e. The van der Waals surface area contributed by atoms with Crippen LogP contribution in [0.5, 0.6) is 0 Å². The van der Waals surface area contributed by atoms with Crippen molar-refractivity contribution in [2.24, 2.45) is 0 Å². The topological polar surface area (TPSA) is 0 Å². The molecule has 1 heterocycles. The summed E-state index contributed by atoms with van der Waals surface area (Å²) in [6, 6.07) is 0. The molecule has 1 rings (SSSR count). The summed E-state index contributed by atoms with van der Waals surface area (Å²) in [5.41, 5.74) is 0.407. The molecule has 1 unspecified atom stereocenters. The van der Waals surface area contributed by atoms with Gasteiger partial charge in [0.1, 0.15) is 6.54 Å². The van der Waals surface area contributed by atoms with Crippen molar-refractivity contribution in [1.82, 2.24) is 0 Å². The lowest BCUT2D eigenvalue weighted by Crippen LogP contribution is -3.00. The average Bonchev–Trinajstić information content (AvgIpc) is 1.73. The molecule has 0 N–H and O–H groups in total. The molecule has 7 heavy (non-hydrogen) atoms. The molecule has 0 saturated carbocycles. The van der Waals surface area contributed by atoms with Crippen LogP contribution in [0.1, 0.15) is 0 Å². The van der Waals surface area contributed by atoms with Gasteiger partial charge in [-0.05, 0) is 0 Å². The normalized spacial score (nSPS) is 33.9. The molecule has 0 aromatic rings. The standard InChI is InChI=1S/C4H9ClN.ClH/c1-6(2)3-4(6)5;/h4H,3H2,1-2H3;1H/q+1;/p-1. The molecule has 44 valence electrons. The molecule has 1 saturated heterocycles. The van der Waals surface area contributed by atoms with Crippen molar-refractivity contribution in [3.63, 3.8) is 0 Å². The summed E-state index contributed by atoms with van der Waals surface area (Å²) in [5.74, 6) is 0. The number of halogens is 2. The van der Waals surface area contributed by atoms with E-state index >= 15 is 0 Å². The van der Waals surface area contributed by atoms with E-state index < -0.39 is 0 Å². The van der Waals surface area contributed by atoms with E-state index in [1.807, 2.05) is 0 Å². The predicted octanol–water partition coefficient (Wildman–Crippen LogP) is -2.35. The Morgan fingerprint density at radius 2 is 1.71 bits per heavy atom. The van der Waals surface area contributed by atoms with Crippen LogP contribution in [-0.4, -0.2) is 30.6 Å². The minimum atomic E-state index is 0. The fourth-order valence-electron chi connectivity index (χ4n) is 0.341. The highest BCUT2D eigenvalue weighted by Crippen LogP contribution is 2.26. The Bertz CT molecular complexity index is 72.1. The summed E-state index contributed by atoms with van der Waals surface area (Å²) in [6.45, 7) is 1.14. The van der Waals surface area contributed by atoms with Gasteiger partial charge in [-0.15, -0.1) is 0 Å². The van der Waals surface area contributed by atoms with Crippen LogP contribution in [0.25, 0.3) is 0 Å². The number of hydrogen-bond donors (Lipinski definition) is 0. The van der Waals surface area contributed by atoms with E-state index in [2.05, 4.69) is 14.1 Å². The van der Waals surface area contributed by atoms with Gasteiger partial charge in [0.25, 0.3) is 0 Å². The van der Waals surface area contributed by atoms with Crippen molar-refractivity contribution in [1.29, 1.82) is 0 Å². The Morgan fingerprint density at radius 3 is 1.71 bits per heavy atom. The second-order valence-corrected chi connectivity index (χ2v) is 2.90. The van der Waals surface area contributed by atoms with Gasteiger partial charge < -0.3 is 16.9 Å². The highest BCUT2D eigenvalue weighted by atomic mass is 35.5. The fraction of sp³-hybridized carbons (Fsp3) is 1.00. The fourth-order valence-corrected chi connectivity index (χ4v) is 0.697. The lowest BCUT2D eigenvalue weighted by Gasteiger charge is -1.98. The molecule has 0 bridgehead atoms. The van der Waals surface area contributed by atoms with Gasteiger partial charge in [0.15, 0.2) is 0 Å². The molecular weight excluding hydrogens is 133 g/mol. The molecular formula is C4H9Cl2N. The van der Waals surface area contributed by atoms with Gasteiger partial charge >= 0.3 is 0 Å². The number of quaternary nitrogens is 1. The third kappa shape index (κ3) is 1.48. The molecule has 1 fully saturated rings. The maximum Gasteiger partial charge on any atom is 0.214 e. The van der Waals surface area contributed by atoms with Crippen molar-refractivity contribution in [3.8, 4) is 0 Å². The van der Waals surface area contributed by atoms with Crippen LogP contribution in [0.3, 0.4) is 0 Å². The summed E-state index contributed by atoms with van der Waals surface area (Å²) >= 11 is 5.65. The number of rotatable bonds is 0. The van der Waals surface area contributed by atoms with Crippen molar-refractivity contribution in [2.75, 3.05) is 20.6 Å². The maximum atomic E-state index is 5.65. The minimum Gasteiger partial charge on any atom is -1.00 e. The van der Waals surface area contributed by atoms with Crippen molar-refractivity contribution in [3.05, 3.63) is 0 Å². The first kappa shape index (κ1) is 7.54. The van der Waals surface area contributed by atoms with Gasteiger partial charge in [0.2, 0.25) is 5.50 Å². The van der Waals surface area contributed by atoms with Gasteiger partial charge in [-0.2, -0.15) is 0 Å². The van der Waals surface area contributed by atoms with Crippen molar-refractivity contribution < 1.29 is 16.9 Å². The molecule has 0 aromatic carbocycles. The van der Waals surface area contributed by atoms with E-state index in [9.17, 15) is 0 Å². The second kappa shape index (κ2) is 1.81. The Morgan fingerprint density at radius 1 is 1.57 bits per heavy atom. The van der Waals surface area contributed by atoms with E-state index in [4.69, 9.17) is 11.6 Å². The highest BCUT2D eigenvalue weighted by Gasteiger charge is 2.45. The van der Waals surface area contributed by atoms with Gasteiger partial charge in [-0.1, -0.05) is 11.6 Å². The molecule has 0 amide bonds. The first-order chi connectivity index (χ1) is 2.63. The number of hydrogen-bond acceptors (Lipinski definition) is 0. The molecule has 0 aliphatic carbocycles. The van der Waals surface area contributed by atoms with Crippen LogP contribution in [0, 0.1) is 0 Å². The van der Waals surface area contributed by atoms with Crippen LogP contribution in [0.15, 0.2) is 0 Å². The zero-order valence-corrected chi connectivity index (χ0v) is 6.00. The predicted molar refractivity (Wildman–Crippen MR) is 26.6 cm³/mol. The van der Waals surface area contributed by atoms with Crippen LogP contribution in [-0.2, 0) is 0 Å². The number of likely N-dealkylation sites (N-methyl/N-ethyl adjacent to an activating group) is 1. The van der Waals surface area contributed by atoms with E-state index in [1.165, 1.54) is 0 Å². The molecule has 1 nitrogen and oxygen atoms in total. The second-order valence-electron chi connectivity index (χ2n) is 2.40. The lowest BCUT2D eigenvalue weighted by atomic mass is 11.0. The molecule has 0 aromatic heterocycles. The minimum absolute atomic E-state index is 0. The monoisotopic (exact) mass is 141 g/mol. The summed E-state index contributed by atoms with van der Waals surface area (Å²) in [6.07, 6.45) is 0. The summed E-state index contributed by atoms with van der Waals surface area (Å²) in [5, 5.41) is 0. The average molecular weight is 142 g/mol. The van der Waals surface area contributed by atoms with Crippen LogP contribution < -0.4 is 12.4 Å². The molecule has 1 atom stereocenters. The van der Waals surface area contributed by atoms with Crippen molar-refractivity contribution in [2.45, 2.75) is 5.50 Å². The number of alkyl halides is 1. The molecule has 0 radical (unpaired) electrons. The van der Waals surface area contributed by atoms with Crippen LogP contribution >= 0.6 is 11.6 Å². The summed E-state index contributed by atoms with van der Waals surface area (Å²) < 4.78 is 1.00. The Balaban J connectivity index is 0.000000360. The third-order valence-electron chi connectivity index (χ3n) is 1.25. The van der Waals surface area contributed by atoms with Crippen LogP contribution in [0.4, 0.5) is 0 Å². The van der Waals surface area contributed by atoms with Gasteiger partial charge in [-0.3, -0.25) is 0 Å².